The second-order valence-electron chi connectivity index (χ2n) is 7.40. The smallest absolute Gasteiger partial charge is 0.385 e. The minimum absolute atomic E-state index is 0.341. The van der Waals surface area contributed by atoms with Crippen molar-refractivity contribution in [2.24, 2.45) is 0 Å². The Bertz CT molecular complexity index is 587. The molecule has 0 unspecified atom stereocenters. The summed E-state index contributed by atoms with van der Waals surface area (Å²) in [4.78, 5) is 0. The normalized spacial score (nSPS) is 19.5. The van der Waals surface area contributed by atoms with Crippen molar-refractivity contribution in [2.75, 3.05) is 0 Å². The van der Waals surface area contributed by atoms with Gasteiger partial charge in [-0.25, -0.2) is 0 Å². The highest BCUT2D eigenvalue weighted by atomic mass is 28.4. The minimum atomic E-state index is -2.68. The fourth-order valence-electron chi connectivity index (χ4n) is 4.26. The van der Waals surface area contributed by atoms with Crippen molar-refractivity contribution >= 4 is 18.9 Å². The topological polar surface area (TPSA) is 18.5 Å². The molecule has 2 nitrogen and oxygen atoms in total. The summed E-state index contributed by atoms with van der Waals surface area (Å²) in [5.74, 6) is 0. The number of hydrogen-bond donors (Lipinski definition) is 0. The van der Waals surface area contributed by atoms with Gasteiger partial charge in [-0.05, 0) is 36.1 Å². The molecule has 4 rings (SSSR count). The summed E-state index contributed by atoms with van der Waals surface area (Å²) in [5, 5.41) is 2.50. The maximum Gasteiger partial charge on any atom is 0.407 e. The molecule has 0 heterocycles. The molecule has 0 radical (unpaired) electrons. The zero-order valence-corrected chi connectivity index (χ0v) is 15.9. The zero-order chi connectivity index (χ0) is 17.0. The van der Waals surface area contributed by atoms with Crippen LogP contribution in [0.1, 0.15) is 51.4 Å². The van der Waals surface area contributed by atoms with Gasteiger partial charge in [-0.15, -0.1) is 0 Å². The van der Waals surface area contributed by atoms with Crippen LogP contribution in [0.15, 0.2) is 60.7 Å². The summed E-state index contributed by atoms with van der Waals surface area (Å²) in [7, 11) is -2.68. The zero-order valence-electron chi connectivity index (χ0n) is 14.9. The Hall–Kier alpha value is -1.42. The lowest BCUT2D eigenvalue weighted by molar-refractivity contribution is 0.0996. The second kappa shape index (κ2) is 7.86. The van der Waals surface area contributed by atoms with Crippen LogP contribution in [-0.2, 0) is 8.85 Å². The predicted octanol–water partition coefficient (Wildman–Crippen LogP) is 4.16. The van der Waals surface area contributed by atoms with E-state index in [1.54, 1.807) is 0 Å². The van der Waals surface area contributed by atoms with Gasteiger partial charge < -0.3 is 8.85 Å². The first kappa shape index (κ1) is 17.0. The Balaban J connectivity index is 1.77. The van der Waals surface area contributed by atoms with Gasteiger partial charge in [-0.1, -0.05) is 86.3 Å². The molecular weight excluding hydrogens is 324 g/mol. The lowest BCUT2D eigenvalue weighted by Gasteiger charge is -2.36. The maximum atomic E-state index is 6.95. The maximum absolute atomic E-state index is 6.95. The second-order valence-corrected chi connectivity index (χ2v) is 10.3. The van der Waals surface area contributed by atoms with Crippen LogP contribution in [0.3, 0.4) is 0 Å². The van der Waals surface area contributed by atoms with Gasteiger partial charge >= 0.3 is 8.56 Å². The van der Waals surface area contributed by atoms with Gasteiger partial charge in [0.1, 0.15) is 0 Å². The molecular formula is C22H28O2Si. The molecule has 0 spiro atoms. The van der Waals surface area contributed by atoms with Gasteiger partial charge in [-0.2, -0.15) is 0 Å². The highest BCUT2D eigenvalue weighted by molar-refractivity contribution is 6.92. The van der Waals surface area contributed by atoms with E-state index in [-0.39, 0.29) is 0 Å². The van der Waals surface area contributed by atoms with Crippen molar-refractivity contribution in [1.29, 1.82) is 0 Å². The fourth-order valence-corrected chi connectivity index (χ4v) is 7.87. The van der Waals surface area contributed by atoms with Crippen LogP contribution in [0.5, 0.6) is 0 Å². The lowest BCUT2D eigenvalue weighted by atomic mass is 10.3. The van der Waals surface area contributed by atoms with Gasteiger partial charge in [0, 0.05) is 12.2 Å². The first-order valence-electron chi connectivity index (χ1n) is 9.83. The molecule has 2 aromatic carbocycles. The highest BCUT2D eigenvalue weighted by Crippen LogP contribution is 2.29. The first-order valence-corrected chi connectivity index (χ1v) is 11.7. The summed E-state index contributed by atoms with van der Waals surface area (Å²) in [6.45, 7) is 0. The summed E-state index contributed by atoms with van der Waals surface area (Å²) in [5.41, 5.74) is 0. The molecule has 0 atom stereocenters. The molecule has 0 N–H and O–H groups in total. The van der Waals surface area contributed by atoms with Crippen molar-refractivity contribution in [3.8, 4) is 0 Å². The quantitative estimate of drug-likeness (QED) is 0.727. The van der Waals surface area contributed by atoms with Crippen LogP contribution in [-0.4, -0.2) is 20.8 Å². The largest absolute Gasteiger partial charge is 0.407 e. The van der Waals surface area contributed by atoms with Crippen LogP contribution < -0.4 is 10.4 Å². The van der Waals surface area contributed by atoms with E-state index in [2.05, 4.69) is 60.7 Å². The van der Waals surface area contributed by atoms with Gasteiger partial charge in [0.15, 0.2) is 0 Å². The lowest BCUT2D eigenvalue weighted by Crippen LogP contribution is -2.65. The van der Waals surface area contributed by atoms with Crippen molar-refractivity contribution < 1.29 is 8.85 Å². The summed E-state index contributed by atoms with van der Waals surface area (Å²) in [6.07, 6.45) is 10.5. The monoisotopic (exact) mass is 352 g/mol. The molecule has 2 aromatic rings. The molecule has 25 heavy (non-hydrogen) atoms. The van der Waals surface area contributed by atoms with E-state index in [4.69, 9.17) is 8.85 Å². The molecule has 0 amide bonds. The van der Waals surface area contributed by atoms with Crippen LogP contribution in [0.2, 0.25) is 0 Å². The molecule has 0 saturated heterocycles. The molecule has 2 fully saturated rings. The van der Waals surface area contributed by atoms with Crippen molar-refractivity contribution in [3.63, 3.8) is 0 Å². The van der Waals surface area contributed by atoms with E-state index in [0.29, 0.717) is 12.2 Å². The van der Waals surface area contributed by atoms with E-state index in [0.717, 1.165) is 0 Å². The molecule has 132 valence electrons. The molecule has 2 saturated carbocycles. The summed E-state index contributed by atoms with van der Waals surface area (Å²) >= 11 is 0. The SMILES string of the molecule is c1ccc([Si](OC2CCCC2)(OC2CCCC2)c2ccccc2)cc1. The van der Waals surface area contributed by atoms with Crippen LogP contribution in [0.25, 0.3) is 0 Å². The third kappa shape index (κ3) is 3.74. The molecule has 3 heteroatoms. The molecule has 0 aromatic heterocycles. The van der Waals surface area contributed by atoms with Crippen LogP contribution >= 0.6 is 0 Å². The summed E-state index contributed by atoms with van der Waals surface area (Å²) in [6, 6.07) is 21.5. The third-order valence-electron chi connectivity index (χ3n) is 5.58. The molecule has 0 bridgehead atoms. The highest BCUT2D eigenvalue weighted by Gasteiger charge is 2.47. The van der Waals surface area contributed by atoms with Gasteiger partial charge in [0.25, 0.3) is 0 Å². The van der Waals surface area contributed by atoms with E-state index < -0.39 is 8.56 Å². The average Bonchev–Trinajstić information content (AvgIpc) is 3.37. The Morgan fingerprint density at radius 1 is 0.560 bits per heavy atom. The van der Waals surface area contributed by atoms with E-state index >= 15 is 0 Å². The number of hydrogen-bond acceptors (Lipinski definition) is 2. The number of rotatable bonds is 6. The first-order chi connectivity index (χ1) is 12.4. The van der Waals surface area contributed by atoms with Crippen molar-refractivity contribution in [3.05, 3.63) is 60.7 Å². The van der Waals surface area contributed by atoms with Gasteiger partial charge in [-0.3, -0.25) is 0 Å². The molecule has 0 aliphatic heterocycles. The van der Waals surface area contributed by atoms with E-state index in [1.807, 2.05) is 0 Å². The fraction of sp³-hybridized carbons (Fsp3) is 0.455. The number of benzene rings is 2. The van der Waals surface area contributed by atoms with Gasteiger partial charge in [0.2, 0.25) is 0 Å². The van der Waals surface area contributed by atoms with E-state index in [1.165, 1.54) is 61.7 Å². The van der Waals surface area contributed by atoms with E-state index in [9.17, 15) is 0 Å². The standard InChI is InChI=1S/C22H28O2Si/c1-3-15-21(16-4-1)25(22-17-5-2-6-18-22,23-19-11-7-8-12-19)24-20-13-9-10-14-20/h1-6,15-20H,7-14H2. The van der Waals surface area contributed by atoms with Crippen LogP contribution in [0.4, 0.5) is 0 Å². The minimum Gasteiger partial charge on any atom is -0.385 e. The van der Waals surface area contributed by atoms with Crippen LogP contribution in [0, 0.1) is 0 Å². The third-order valence-corrected chi connectivity index (χ3v) is 9.09. The Morgan fingerprint density at radius 2 is 0.920 bits per heavy atom. The van der Waals surface area contributed by atoms with Gasteiger partial charge in [0.05, 0.1) is 0 Å². The molecule has 2 aliphatic rings. The Morgan fingerprint density at radius 3 is 1.28 bits per heavy atom. The Labute approximate surface area is 152 Å². The molecule has 2 aliphatic carbocycles. The predicted molar refractivity (Wildman–Crippen MR) is 105 cm³/mol. The Kier molecular flexibility index (Phi) is 5.35. The average molecular weight is 353 g/mol. The van der Waals surface area contributed by atoms with Crippen molar-refractivity contribution in [2.45, 2.75) is 63.6 Å². The van der Waals surface area contributed by atoms with Crippen molar-refractivity contribution in [1.82, 2.24) is 0 Å². The summed E-state index contributed by atoms with van der Waals surface area (Å²) < 4.78 is 13.9.